The van der Waals surface area contributed by atoms with E-state index in [1.807, 2.05) is 19.9 Å². The summed E-state index contributed by atoms with van der Waals surface area (Å²) in [5.41, 5.74) is 2.86. The van der Waals surface area contributed by atoms with Crippen LogP contribution in [0.3, 0.4) is 0 Å². The van der Waals surface area contributed by atoms with Crippen molar-refractivity contribution in [3.8, 4) is 5.82 Å². The minimum Gasteiger partial charge on any atom is -0.350 e. The number of benzene rings is 1. The van der Waals surface area contributed by atoms with E-state index in [9.17, 15) is 9.18 Å². The second-order valence-corrected chi connectivity index (χ2v) is 6.38. The summed E-state index contributed by atoms with van der Waals surface area (Å²) in [6, 6.07) is 11.5. The summed E-state index contributed by atoms with van der Waals surface area (Å²) in [7, 11) is 0. The first-order valence-corrected chi connectivity index (χ1v) is 8.54. The molecule has 3 aromatic rings. The Kier molecular flexibility index (Phi) is 5.32. The fourth-order valence-electron chi connectivity index (χ4n) is 2.63. The summed E-state index contributed by atoms with van der Waals surface area (Å²) in [5, 5.41) is 7.43. The van der Waals surface area contributed by atoms with E-state index in [-0.39, 0.29) is 22.4 Å². The van der Waals surface area contributed by atoms with E-state index in [1.54, 1.807) is 28.9 Å². The standard InChI is InChI=1S/C19H18ClFN4O/c1-12-11-13(2)25(24-12)17-8-7-16(20)18(23-17)19(26)22-10-9-14-3-5-15(21)6-4-14/h3-8,11H,9-10H2,1-2H3,(H,22,26). The van der Waals surface area contributed by atoms with Crippen LogP contribution in [0, 0.1) is 19.7 Å². The number of aryl methyl sites for hydroxylation is 2. The molecule has 0 saturated heterocycles. The van der Waals surface area contributed by atoms with E-state index >= 15 is 0 Å². The second-order valence-electron chi connectivity index (χ2n) is 5.97. The maximum absolute atomic E-state index is 12.9. The highest BCUT2D eigenvalue weighted by Crippen LogP contribution is 2.17. The van der Waals surface area contributed by atoms with Gasteiger partial charge in [0.25, 0.3) is 5.91 Å². The smallest absolute Gasteiger partial charge is 0.271 e. The molecule has 5 nitrogen and oxygen atoms in total. The van der Waals surface area contributed by atoms with Crippen LogP contribution >= 0.6 is 11.6 Å². The molecule has 134 valence electrons. The normalized spacial score (nSPS) is 10.8. The molecule has 3 rings (SSSR count). The molecule has 0 aliphatic carbocycles. The number of nitrogens with zero attached hydrogens (tertiary/aromatic N) is 3. The topological polar surface area (TPSA) is 59.8 Å². The lowest BCUT2D eigenvalue weighted by Crippen LogP contribution is -2.27. The molecule has 0 bridgehead atoms. The summed E-state index contributed by atoms with van der Waals surface area (Å²) < 4.78 is 14.6. The number of carbonyl (C=O) groups is 1. The van der Waals surface area contributed by atoms with Crippen LogP contribution in [0.15, 0.2) is 42.5 Å². The van der Waals surface area contributed by atoms with Gasteiger partial charge in [-0.25, -0.2) is 14.1 Å². The predicted octanol–water partition coefficient (Wildman–Crippen LogP) is 3.65. The number of amides is 1. The molecule has 0 aliphatic rings. The Balaban J connectivity index is 1.71. The summed E-state index contributed by atoms with van der Waals surface area (Å²) in [6.07, 6.45) is 0.584. The van der Waals surface area contributed by atoms with Crippen LogP contribution in [-0.2, 0) is 6.42 Å². The number of rotatable bonds is 5. The van der Waals surface area contributed by atoms with Gasteiger partial charge in [0.05, 0.1) is 10.7 Å². The quantitative estimate of drug-likeness (QED) is 0.743. The third-order valence-corrected chi connectivity index (χ3v) is 4.19. The van der Waals surface area contributed by atoms with Crippen LogP contribution in [0.1, 0.15) is 27.4 Å². The van der Waals surface area contributed by atoms with Crippen molar-refractivity contribution in [1.82, 2.24) is 20.1 Å². The van der Waals surface area contributed by atoms with Crippen molar-refractivity contribution in [2.75, 3.05) is 6.54 Å². The molecule has 2 heterocycles. The molecule has 26 heavy (non-hydrogen) atoms. The number of pyridine rings is 1. The van der Waals surface area contributed by atoms with Crippen molar-refractivity contribution < 1.29 is 9.18 Å². The molecule has 0 saturated carbocycles. The van der Waals surface area contributed by atoms with E-state index in [0.29, 0.717) is 18.8 Å². The summed E-state index contributed by atoms with van der Waals surface area (Å²) in [5.74, 6) is -0.112. The van der Waals surface area contributed by atoms with Crippen molar-refractivity contribution in [3.05, 3.63) is 75.9 Å². The number of aromatic nitrogens is 3. The number of hydrogen-bond donors (Lipinski definition) is 1. The highest BCUT2D eigenvalue weighted by atomic mass is 35.5. The van der Waals surface area contributed by atoms with Crippen LogP contribution in [0.25, 0.3) is 5.82 Å². The largest absolute Gasteiger partial charge is 0.350 e. The number of hydrogen-bond acceptors (Lipinski definition) is 3. The van der Waals surface area contributed by atoms with Gasteiger partial charge in [-0.15, -0.1) is 0 Å². The van der Waals surface area contributed by atoms with E-state index in [0.717, 1.165) is 17.0 Å². The lowest BCUT2D eigenvalue weighted by molar-refractivity contribution is 0.0949. The van der Waals surface area contributed by atoms with E-state index in [2.05, 4.69) is 15.4 Å². The first-order chi connectivity index (χ1) is 12.4. The summed E-state index contributed by atoms with van der Waals surface area (Å²) in [4.78, 5) is 16.8. The van der Waals surface area contributed by atoms with Crippen molar-refractivity contribution >= 4 is 17.5 Å². The van der Waals surface area contributed by atoms with Gasteiger partial charge in [0.2, 0.25) is 0 Å². The molecule has 0 spiro atoms. The van der Waals surface area contributed by atoms with Crippen molar-refractivity contribution in [2.45, 2.75) is 20.3 Å². The van der Waals surface area contributed by atoms with E-state index in [1.165, 1.54) is 12.1 Å². The molecule has 2 aromatic heterocycles. The number of nitrogens with one attached hydrogen (secondary N) is 1. The molecule has 0 fully saturated rings. The van der Waals surface area contributed by atoms with Gasteiger partial charge in [-0.2, -0.15) is 5.10 Å². The molecule has 0 aliphatic heterocycles. The van der Waals surface area contributed by atoms with Gasteiger partial charge in [0, 0.05) is 12.2 Å². The van der Waals surface area contributed by atoms with Crippen LogP contribution in [0.2, 0.25) is 5.02 Å². The van der Waals surface area contributed by atoms with Gasteiger partial charge in [-0.3, -0.25) is 4.79 Å². The maximum atomic E-state index is 12.9. The minimum absolute atomic E-state index is 0.149. The first kappa shape index (κ1) is 18.1. The Morgan fingerprint density at radius 3 is 2.58 bits per heavy atom. The van der Waals surface area contributed by atoms with Crippen LogP contribution in [-0.4, -0.2) is 27.2 Å². The third-order valence-electron chi connectivity index (χ3n) is 3.89. The minimum atomic E-state index is -0.361. The molecule has 0 atom stereocenters. The van der Waals surface area contributed by atoms with Crippen LogP contribution in [0.4, 0.5) is 4.39 Å². The predicted molar refractivity (Wildman–Crippen MR) is 98.3 cm³/mol. The molecule has 7 heteroatoms. The molecule has 0 radical (unpaired) electrons. The molecule has 1 N–H and O–H groups in total. The van der Waals surface area contributed by atoms with Crippen LogP contribution < -0.4 is 5.32 Å². The zero-order valence-electron chi connectivity index (χ0n) is 14.5. The van der Waals surface area contributed by atoms with Gasteiger partial charge >= 0.3 is 0 Å². The van der Waals surface area contributed by atoms with Crippen molar-refractivity contribution in [3.63, 3.8) is 0 Å². The summed E-state index contributed by atoms with van der Waals surface area (Å²) in [6.45, 7) is 4.20. The zero-order valence-corrected chi connectivity index (χ0v) is 15.2. The Labute approximate surface area is 155 Å². The van der Waals surface area contributed by atoms with E-state index < -0.39 is 0 Å². The Morgan fingerprint density at radius 1 is 1.19 bits per heavy atom. The Hall–Kier alpha value is -2.73. The molecule has 0 unspecified atom stereocenters. The fraction of sp³-hybridized carbons (Fsp3) is 0.211. The summed E-state index contributed by atoms with van der Waals surface area (Å²) >= 11 is 6.14. The highest BCUT2D eigenvalue weighted by Gasteiger charge is 2.15. The SMILES string of the molecule is Cc1cc(C)n(-c2ccc(Cl)c(C(=O)NCCc3ccc(F)cc3)n2)n1. The van der Waals surface area contributed by atoms with Gasteiger partial charge in [-0.05, 0) is 56.2 Å². The van der Waals surface area contributed by atoms with E-state index in [4.69, 9.17) is 11.6 Å². The van der Waals surface area contributed by atoms with Gasteiger partial charge in [-0.1, -0.05) is 23.7 Å². The number of halogens is 2. The monoisotopic (exact) mass is 372 g/mol. The average molecular weight is 373 g/mol. The highest BCUT2D eigenvalue weighted by molar-refractivity contribution is 6.33. The number of carbonyl (C=O) groups excluding carboxylic acids is 1. The molecular formula is C19H18ClFN4O. The van der Waals surface area contributed by atoms with Gasteiger partial charge < -0.3 is 5.32 Å². The Morgan fingerprint density at radius 2 is 1.92 bits per heavy atom. The van der Waals surface area contributed by atoms with Crippen molar-refractivity contribution in [1.29, 1.82) is 0 Å². The Bertz CT molecular complexity index is 937. The third kappa shape index (κ3) is 4.08. The second kappa shape index (κ2) is 7.66. The maximum Gasteiger partial charge on any atom is 0.271 e. The fourth-order valence-corrected chi connectivity index (χ4v) is 2.82. The average Bonchev–Trinajstić information content (AvgIpc) is 2.95. The molecule has 1 amide bonds. The molecule has 1 aromatic carbocycles. The molecular weight excluding hydrogens is 355 g/mol. The first-order valence-electron chi connectivity index (χ1n) is 8.17. The van der Waals surface area contributed by atoms with Gasteiger partial charge in [0.15, 0.2) is 5.82 Å². The van der Waals surface area contributed by atoms with Crippen LogP contribution in [0.5, 0.6) is 0 Å². The van der Waals surface area contributed by atoms with Gasteiger partial charge in [0.1, 0.15) is 11.5 Å². The lowest BCUT2D eigenvalue weighted by atomic mass is 10.1. The zero-order chi connectivity index (χ0) is 18.7. The van der Waals surface area contributed by atoms with Crippen molar-refractivity contribution in [2.24, 2.45) is 0 Å². The lowest BCUT2D eigenvalue weighted by Gasteiger charge is -2.09.